The molecule has 1 atom stereocenters. The number of fused-ring (bicyclic) bond motifs is 1. The Kier molecular flexibility index (Phi) is 8.18. The number of carbonyl (C=O) groups is 1. The van der Waals surface area contributed by atoms with Gasteiger partial charge in [0.25, 0.3) is 15.9 Å². The van der Waals surface area contributed by atoms with Gasteiger partial charge in [0.15, 0.2) is 0 Å². The fraction of sp³-hybridized carbons (Fsp3) is 0.115. The number of anilines is 1. The maximum atomic E-state index is 13.7. The third-order valence-corrected chi connectivity index (χ3v) is 8.81. The molecule has 0 fully saturated rings. The molecule has 0 saturated carbocycles. The van der Waals surface area contributed by atoms with E-state index in [1.165, 1.54) is 18.2 Å². The van der Waals surface area contributed by atoms with Gasteiger partial charge in [-0.2, -0.15) is 0 Å². The van der Waals surface area contributed by atoms with E-state index in [9.17, 15) is 27.6 Å². The molecule has 0 saturated heterocycles. The van der Waals surface area contributed by atoms with Gasteiger partial charge < -0.3 is 15.1 Å². The van der Waals surface area contributed by atoms with Crippen LogP contribution < -0.4 is 9.62 Å². The van der Waals surface area contributed by atoms with E-state index < -0.39 is 29.8 Å². The third-order valence-electron chi connectivity index (χ3n) is 5.80. The first kappa shape index (κ1) is 28.1. The van der Waals surface area contributed by atoms with Crippen LogP contribution in [0.3, 0.4) is 0 Å². The van der Waals surface area contributed by atoms with Crippen LogP contribution in [-0.2, 0) is 14.6 Å². The average molecular weight is 593 g/mol. The molecule has 0 spiro atoms. The third kappa shape index (κ3) is 6.21. The summed E-state index contributed by atoms with van der Waals surface area (Å²) in [5, 5.41) is 3.72. The van der Waals surface area contributed by atoms with Gasteiger partial charge in [-0.15, -0.1) is 0 Å². The summed E-state index contributed by atoms with van der Waals surface area (Å²) < 4.78 is 40.0. The highest BCUT2D eigenvalue weighted by Gasteiger charge is 2.33. The summed E-state index contributed by atoms with van der Waals surface area (Å²) in [7, 11) is -9.43. The number of halogens is 2. The number of benzene rings is 4. The number of hydrogen-bond acceptors (Lipinski definition) is 4. The van der Waals surface area contributed by atoms with Gasteiger partial charge in [-0.25, -0.2) is 8.42 Å². The van der Waals surface area contributed by atoms with E-state index in [1.807, 2.05) is 37.3 Å². The smallest absolute Gasteiger partial charge is 0.345 e. The number of hydrogen-bond donors (Lipinski definition) is 3. The first-order valence-electron chi connectivity index (χ1n) is 11.3. The molecule has 0 heterocycles. The first-order valence-corrected chi connectivity index (χ1v) is 15.3. The minimum Gasteiger partial charge on any atom is -0.345 e. The zero-order valence-electron chi connectivity index (χ0n) is 20.0. The monoisotopic (exact) mass is 592 g/mol. The van der Waals surface area contributed by atoms with Gasteiger partial charge in [-0.3, -0.25) is 13.7 Å². The second-order valence-corrected chi connectivity index (χ2v) is 12.9. The van der Waals surface area contributed by atoms with Crippen LogP contribution in [0.1, 0.15) is 28.9 Å². The summed E-state index contributed by atoms with van der Waals surface area (Å²) in [4.78, 5) is 32.5. The maximum absolute atomic E-state index is 13.7. The van der Waals surface area contributed by atoms with Crippen molar-refractivity contribution in [3.05, 3.63) is 106 Å². The van der Waals surface area contributed by atoms with Crippen molar-refractivity contribution in [2.75, 3.05) is 10.6 Å². The number of nitrogens with one attached hydrogen (secondary N) is 1. The van der Waals surface area contributed by atoms with Crippen molar-refractivity contribution in [1.82, 2.24) is 5.32 Å². The van der Waals surface area contributed by atoms with Crippen LogP contribution in [0.15, 0.2) is 89.8 Å². The van der Waals surface area contributed by atoms with E-state index in [2.05, 4.69) is 5.32 Å². The Labute approximate surface area is 230 Å². The average Bonchev–Trinajstić information content (AvgIpc) is 2.86. The molecule has 12 heteroatoms. The highest BCUT2D eigenvalue weighted by molar-refractivity contribution is 7.93. The lowest BCUT2D eigenvalue weighted by atomic mass is 10.0. The van der Waals surface area contributed by atoms with Crippen LogP contribution in [0.2, 0.25) is 10.0 Å². The van der Waals surface area contributed by atoms with E-state index in [0.717, 1.165) is 17.7 Å². The summed E-state index contributed by atoms with van der Waals surface area (Å²) in [6, 6.07) is 22.0. The number of nitrogens with zero attached hydrogens (tertiary/aromatic N) is 1. The summed E-state index contributed by atoms with van der Waals surface area (Å²) in [6.45, 7) is 1.84. The molecule has 0 aromatic heterocycles. The van der Waals surface area contributed by atoms with E-state index >= 15 is 0 Å². The zero-order chi connectivity index (χ0) is 27.7. The van der Waals surface area contributed by atoms with Crippen LogP contribution in [-0.4, -0.2) is 30.4 Å². The molecule has 198 valence electrons. The second-order valence-electron chi connectivity index (χ2n) is 8.55. The topological polar surface area (TPSA) is 124 Å². The molecule has 0 radical (unpaired) electrons. The molecule has 1 unspecified atom stereocenters. The Morgan fingerprint density at radius 3 is 2.16 bits per heavy atom. The molecule has 0 aliphatic rings. The van der Waals surface area contributed by atoms with Crippen molar-refractivity contribution in [2.45, 2.75) is 17.9 Å². The summed E-state index contributed by atoms with van der Waals surface area (Å²) in [5.74, 6) is -0.393. The molecule has 4 aromatic rings. The summed E-state index contributed by atoms with van der Waals surface area (Å²) in [5.41, 5.74) is 1.15. The molecule has 1 amide bonds. The van der Waals surface area contributed by atoms with Crippen molar-refractivity contribution < 1.29 is 27.6 Å². The SMILES string of the molecule is CC(NC(=O)c1cccc2c(N(CP(=O)(O)O)S(=O)(=O)c3cc(Cl)cc(Cl)c3)cccc12)c1ccccc1. The Morgan fingerprint density at radius 2 is 1.53 bits per heavy atom. The van der Waals surface area contributed by atoms with Crippen molar-refractivity contribution >= 4 is 63.2 Å². The maximum Gasteiger partial charge on any atom is 0.345 e. The van der Waals surface area contributed by atoms with Crippen LogP contribution in [0.25, 0.3) is 10.8 Å². The fourth-order valence-corrected chi connectivity index (χ4v) is 7.49. The minimum atomic E-state index is -4.89. The van der Waals surface area contributed by atoms with Crippen molar-refractivity contribution in [2.24, 2.45) is 0 Å². The van der Waals surface area contributed by atoms with E-state index in [4.69, 9.17) is 23.2 Å². The Hall–Kier alpha value is -2.91. The van der Waals surface area contributed by atoms with Crippen LogP contribution in [0.4, 0.5) is 5.69 Å². The second kappa shape index (κ2) is 11.1. The van der Waals surface area contributed by atoms with Crippen molar-refractivity contribution in [3.63, 3.8) is 0 Å². The standard InChI is InChI=1S/C26H23Cl2N2O6PS/c1-17(18-7-3-2-4-8-18)29-26(31)24-11-5-10-23-22(24)9-6-12-25(23)30(16-37(32,33)34)38(35,36)21-14-19(27)13-20(28)15-21/h2-15,17H,16H2,1H3,(H,29,31)(H2,32,33,34). The number of carbonyl (C=O) groups excluding carboxylic acids is 1. The van der Waals surface area contributed by atoms with Gasteiger partial charge in [0.1, 0.15) is 6.29 Å². The lowest BCUT2D eigenvalue weighted by Crippen LogP contribution is -2.32. The molecule has 0 aliphatic heterocycles. The molecule has 0 aliphatic carbocycles. The minimum absolute atomic E-state index is 0.0207. The summed E-state index contributed by atoms with van der Waals surface area (Å²) >= 11 is 12.0. The zero-order valence-corrected chi connectivity index (χ0v) is 23.2. The first-order chi connectivity index (χ1) is 17.9. The highest BCUT2D eigenvalue weighted by atomic mass is 35.5. The predicted octanol–water partition coefficient (Wildman–Crippen LogP) is 5.97. The fourth-order valence-electron chi connectivity index (χ4n) is 4.06. The Bertz CT molecular complexity index is 1640. The molecule has 4 rings (SSSR count). The predicted molar refractivity (Wildman–Crippen MR) is 149 cm³/mol. The lowest BCUT2D eigenvalue weighted by Gasteiger charge is -2.26. The number of sulfonamides is 1. The van der Waals surface area contributed by atoms with Gasteiger partial charge in [0, 0.05) is 21.0 Å². The van der Waals surface area contributed by atoms with Crippen LogP contribution in [0.5, 0.6) is 0 Å². The van der Waals surface area contributed by atoms with E-state index in [0.29, 0.717) is 15.1 Å². The van der Waals surface area contributed by atoms with Gasteiger partial charge in [0.2, 0.25) is 0 Å². The summed E-state index contributed by atoms with van der Waals surface area (Å²) in [6.07, 6.45) is -1.14. The molecule has 38 heavy (non-hydrogen) atoms. The van der Waals surface area contributed by atoms with Crippen LogP contribution >= 0.6 is 30.8 Å². The quantitative estimate of drug-likeness (QED) is 0.217. The Morgan fingerprint density at radius 1 is 0.921 bits per heavy atom. The van der Waals surface area contributed by atoms with Crippen molar-refractivity contribution in [3.8, 4) is 0 Å². The molecular formula is C26H23Cl2N2O6PS. The van der Waals surface area contributed by atoms with Crippen LogP contribution in [0, 0.1) is 0 Å². The van der Waals surface area contributed by atoms with E-state index in [1.54, 1.807) is 24.3 Å². The molecule has 4 aromatic carbocycles. The molecular weight excluding hydrogens is 570 g/mol. The van der Waals surface area contributed by atoms with Gasteiger partial charge >= 0.3 is 7.60 Å². The largest absolute Gasteiger partial charge is 0.345 e. The Balaban J connectivity index is 1.83. The number of rotatable bonds is 8. The van der Waals surface area contributed by atoms with Crippen molar-refractivity contribution in [1.29, 1.82) is 0 Å². The lowest BCUT2D eigenvalue weighted by molar-refractivity contribution is 0.0941. The highest BCUT2D eigenvalue weighted by Crippen LogP contribution is 2.42. The number of amides is 1. The molecule has 3 N–H and O–H groups in total. The van der Waals surface area contributed by atoms with Gasteiger partial charge in [0.05, 0.1) is 16.6 Å². The van der Waals surface area contributed by atoms with E-state index in [-0.39, 0.29) is 32.2 Å². The normalized spacial score (nSPS) is 12.8. The van der Waals surface area contributed by atoms with Gasteiger partial charge in [-0.1, -0.05) is 77.8 Å². The molecule has 0 bridgehead atoms. The van der Waals surface area contributed by atoms with Gasteiger partial charge in [-0.05, 0) is 48.2 Å². The molecule has 8 nitrogen and oxygen atoms in total.